The maximum absolute atomic E-state index is 14.1. The van der Waals surface area contributed by atoms with E-state index < -0.39 is 23.8 Å². The number of β-amino-alcohol motifs (C(OH)–C–C–N with tert-alkyl or cyclic N) is 1. The first-order valence-corrected chi connectivity index (χ1v) is 7.94. The summed E-state index contributed by atoms with van der Waals surface area (Å²) in [6.45, 7) is 0.0699. The van der Waals surface area contributed by atoms with Crippen LogP contribution in [0.3, 0.4) is 0 Å². The molecule has 2 heterocycles. The van der Waals surface area contributed by atoms with Crippen molar-refractivity contribution in [2.45, 2.75) is 18.6 Å². The Labute approximate surface area is 135 Å². The number of rotatable bonds is 3. The van der Waals surface area contributed by atoms with Gasteiger partial charge in [-0.15, -0.1) is 11.3 Å². The Morgan fingerprint density at radius 1 is 1.39 bits per heavy atom. The van der Waals surface area contributed by atoms with E-state index in [9.17, 15) is 18.7 Å². The summed E-state index contributed by atoms with van der Waals surface area (Å²) >= 11 is 1.21. The molecule has 1 saturated heterocycles. The summed E-state index contributed by atoms with van der Waals surface area (Å²) in [7, 11) is 1.46. The van der Waals surface area contributed by atoms with Crippen LogP contribution in [0.1, 0.15) is 27.7 Å². The van der Waals surface area contributed by atoms with E-state index in [4.69, 9.17) is 4.74 Å². The van der Waals surface area contributed by atoms with Crippen LogP contribution in [0, 0.1) is 11.6 Å². The number of methoxy groups -OCH3 is 1. The number of hydrogen-bond acceptors (Lipinski definition) is 4. The van der Waals surface area contributed by atoms with E-state index in [1.54, 1.807) is 11.4 Å². The number of ether oxygens (including phenoxy) is 1. The highest BCUT2D eigenvalue weighted by Gasteiger charge is 2.38. The zero-order valence-electron chi connectivity index (χ0n) is 12.3. The molecule has 2 atom stereocenters. The second-order valence-electron chi connectivity index (χ2n) is 5.35. The number of aliphatic hydroxyl groups excluding tert-OH is 1. The van der Waals surface area contributed by atoms with Crippen LogP contribution < -0.4 is 4.74 Å². The largest absolute Gasteiger partial charge is 0.495 e. The molecule has 0 spiro atoms. The predicted octanol–water partition coefficient (Wildman–Crippen LogP) is 2.98. The summed E-state index contributed by atoms with van der Waals surface area (Å²) < 4.78 is 32.7. The highest BCUT2D eigenvalue weighted by Crippen LogP contribution is 2.37. The average Bonchev–Trinajstić information content (AvgIpc) is 3.15. The highest BCUT2D eigenvalue weighted by molar-refractivity contribution is 7.12. The molecule has 1 aromatic heterocycles. The fourth-order valence-corrected chi connectivity index (χ4v) is 3.66. The van der Waals surface area contributed by atoms with E-state index in [1.165, 1.54) is 23.3 Å². The lowest BCUT2D eigenvalue weighted by Gasteiger charge is -2.25. The highest BCUT2D eigenvalue weighted by atomic mass is 32.1. The molecule has 0 radical (unpaired) electrons. The fraction of sp³-hybridized carbons (Fsp3) is 0.312. The molecule has 0 aliphatic carbocycles. The number of likely N-dealkylation sites (tertiary alicyclic amines) is 1. The number of halogens is 2. The van der Waals surface area contributed by atoms with Crippen molar-refractivity contribution >= 4 is 17.2 Å². The molecule has 1 aliphatic heterocycles. The van der Waals surface area contributed by atoms with Gasteiger partial charge in [0.1, 0.15) is 22.3 Å². The molecule has 1 aromatic carbocycles. The first-order chi connectivity index (χ1) is 11.0. The maximum Gasteiger partial charge on any atom is 0.268 e. The van der Waals surface area contributed by atoms with Gasteiger partial charge in [-0.1, -0.05) is 0 Å². The van der Waals surface area contributed by atoms with E-state index >= 15 is 0 Å². The van der Waals surface area contributed by atoms with Gasteiger partial charge in [-0.05, 0) is 36.1 Å². The van der Waals surface area contributed by atoms with Crippen LogP contribution in [0.5, 0.6) is 5.75 Å². The molecule has 23 heavy (non-hydrogen) atoms. The third-order valence-electron chi connectivity index (χ3n) is 3.90. The van der Waals surface area contributed by atoms with Gasteiger partial charge in [0.15, 0.2) is 0 Å². The Bertz CT molecular complexity index is 734. The number of carbonyl (C=O) groups excluding carboxylic acids is 1. The van der Waals surface area contributed by atoms with Crippen molar-refractivity contribution in [2.75, 3.05) is 13.7 Å². The first kappa shape index (κ1) is 15.9. The lowest BCUT2D eigenvalue weighted by molar-refractivity contribution is 0.0715. The third-order valence-corrected chi connectivity index (χ3v) is 4.78. The Balaban J connectivity index is 1.97. The molecule has 4 nitrogen and oxygen atoms in total. The summed E-state index contributed by atoms with van der Waals surface area (Å²) in [4.78, 5) is 14.5. The molecular formula is C16H15F2NO3S. The molecule has 7 heteroatoms. The van der Waals surface area contributed by atoms with Gasteiger partial charge in [-0.25, -0.2) is 8.78 Å². The summed E-state index contributed by atoms with van der Waals surface area (Å²) in [6, 6.07) is 4.09. The van der Waals surface area contributed by atoms with Crippen LogP contribution in [0.25, 0.3) is 0 Å². The lowest BCUT2D eigenvalue weighted by Crippen LogP contribution is -2.31. The molecule has 2 aromatic rings. The van der Waals surface area contributed by atoms with Gasteiger partial charge < -0.3 is 14.7 Å². The number of nitrogens with zero attached hydrogens (tertiary/aromatic N) is 1. The standard InChI is InChI=1S/C16H15F2NO3S/c1-22-14-4-5-23-15(14)16(21)19-8-10(20)7-13(19)11-6-9(17)2-3-12(11)18/h2-6,10,13,20H,7-8H2,1H3/t10-,13+/m0/s1. The van der Waals surface area contributed by atoms with Crippen molar-refractivity contribution in [2.24, 2.45) is 0 Å². The Hall–Kier alpha value is -1.99. The van der Waals surface area contributed by atoms with Crippen LogP contribution in [-0.2, 0) is 0 Å². The minimum atomic E-state index is -0.780. The maximum atomic E-state index is 14.1. The zero-order chi connectivity index (χ0) is 16.6. The number of hydrogen-bond donors (Lipinski definition) is 1. The minimum Gasteiger partial charge on any atom is -0.495 e. The van der Waals surface area contributed by atoms with E-state index in [-0.39, 0.29) is 24.4 Å². The monoisotopic (exact) mass is 339 g/mol. The molecule has 0 unspecified atom stereocenters. The summed E-state index contributed by atoms with van der Waals surface area (Å²) in [5, 5.41) is 11.6. The van der Waals surface area contributed by atoms with Gasteiger partial charge in [0, 0.05) is 12.1 Å². The number of carbonyl (C=O) groups is 1. The topological polar surface area (TPSA) is 49.8 Å². The van der Waals surface area contributed by atoms with E-state index in [2.05, 4.69) is 0 Å². The normalized spacial score (nSPS) is 20.8. The SMILES string of the molecule is COc1ccsc1C(=O)N1C[C@@H](O)C[C@@H]1c1cc(F)ccc1F. The Kier molecular flexibility index (Phi) is 4.32. The molecule has 1 N–H and O–H groups in total. The minimum absolute atomic E-state index is 0.0699. The van der Waals surface area contributed by atoms with Crippen molar-refractivity contribution in [3.8, 4) is 5.75 Å². The van der Waals surface area contributed by atoms with Gasteiger partial charge in [0.2, 0.25) is 0 Å². The van der Waals surface area contributed by atoms with Crippen molar-refractivity contribution in [3.05, 3.63) is 51.7 Å². The molecule has 3 rings (SSSR count). The van der Waals surface area contributed by atoms with Crippen molar-refractivity contribution in [1.29, 1.82) is 0 Å². The zero-order valence-corrected chi connectivity index (χ0v) is 13.1. The second kappa shape index (κ2) is 6.25. The molecule has 1 fully saturated rings. The average molecular weight is 339 g/mol. The van der Waals surface area contributed by atoms with E-state index in [0.29, 0.717) is 10.6 Å². The molecule has 1 aliphatic rings. The summed E-state index contributed by atoms with van der Waals surface area (Å²) in [5.41, 5.74) is 0.0745. The summed E-state index contributed by atoms with van der Waals surface area (Å²) in [6.07, 6.45) is -0.614. The van der Waals surface area contributed by atoms with Gasteiger partial charge in [0.05, 0.1) is 19.3 Å². The Morgan fingerprint density at radius 2 is 2.17 bits per heavy atom. The molecule has 122 valence electrons. The van der Waals surface area contributed by atoms with E-state index in [1.807, 2.05) is 0 Å². The Morgan fingerprint density at radius 3 is 2.91 bits per heavy atom. The summed E-state index contributed by atoms with van der Waals surface area (Å²) in [5.74, 6) is -1.10. The van der Waals surface area contributed by atoms with Gasteiger partial charge in [-0.2, -0.15) is 0 Å². The van der Waals surface area contributed by atoms with Gasteiger partial charge in [0.25, 0.3) is 5.91 Å². The van der Waals surface area contributed by atoms with Gasteiger partial charge >= 0.3 is 0 Å². The van der Waals surface area contributed by atoms with E-state index in [0.717, 1.165) is 18.2 Å². The molecule has 1 amide bonds. The first-order valence-electron chi connectivity index (χ1n) is 7.06. The predicted molar refractivity (Wildman–Crippen MR) is 81.6 cm³/mol. The van der Waals surface area contributed by atoms with Crippen LogP contribution in [-0.4, -0.2) is 35.7 Å². The van der Waals surface area contributed by atoms with Crippen LogP contribution >= 0.6 is 11.3 Å². The van der Waals surface area contributed by atoms with Crippen LogP contribution in [0.2, 0.25) is 0 Å². The quantitative estimate of drug-likeness (QED) is 0.935. The van der Waals surface area contributed by atoms with Crippen molar-refractivity contribution < 1.29 is 23.4 Å². The number of thiophene rings is 1. The number of aliphatic hydroxyl groups is 1. The number of benzene rings is 1. The fourth-order valence-electron chi connectivity index (χ4n) is 2.85. The number of amides is 1. The van der Waals surface area contributed by atoms with Crippen LogP contribution in [0.15, 0.2) is 29.6 Å². The molecule has 0 saturated carbocycles. The van der Waals surface area contributed by atoms with Gasteiger partial charge in [-0.3, -0.25) is 4.79 Å². The molecular weight excluding hydrogens is 324 g/mol. The second-order valence-corrected chi connectivity index (χ2v) is 6.26. The van der Waals surface area contributed by atoms with Crippen molar-refractivity contribution in [1.82, 2.24) is 4.90 Å². The smallest absolute Gasteiger partial charge is 0.268 e. The van der Waals surface area contributed by atoms with Crippen LogP contribution in [0.4, 0.5) is 8.78 Å². The van der Waals surface area contributed by atoms with Crippen molar-refractivity contribution in [3.63, 3.8) is 0 Å². The lowest BCUT2D eigenvalue weighted by atomic mass is 10.0. The third kappa shape index (κ3) is 2.94. The molecule has 0 bridgehead atoms.